The third-order valence-corrected chi connectivity index (χ3v) is 3.33. The van der Waals surface area contributed by atoms with Crippen LogP contribution in [0.25, 0.3) is 0 Å². The lowest BCUT2D eigenvalue weighted by atomic mass is 10.1. The molecule has 0 saturated heterocycles. The van der Waals surface area contributed by atoms with Crippen molar-refractivity contribution in [1.29, 1.82) is 0 Å². The second-order valence-electron chi connectivity index (χ2n) is 5.03. The van der Waals surface area contributed by atoms with Gasteiger partial charge in [-0.2, -0.15) is 0 Å². The number of hydrogen-bond acceptors (Lipinski definition) is 3. The van der Waals surface area contributed by atoms with Gasteiger partial charge in [-0.25, -0.2) is 8.78 Å². The molecule has 1 amide bonds. The van der Waals surface area contributed by atoms with Gasteiger partial charge in [0.05, 0.1) is 6.10 Å². The lowest BCUT2D eigenvalue weighted by molar-refractivity contribution is 0.0934. The number of hydrogen-bond donors (Lipinski definition) is 2. The zero-order valence-corrected chi connectivity index (χ0v) is 12.3. The van der Waals surface area contributed by atoms with E-state index in [0.29, 0.717) is 17.1 Å². The van der Waals surface area contributed by atoms with Crippen molar-refractivity contribution < 1.29 is 23.1 Å². The largest absolute Gasteiger partial charge is 0.466 e. The first-order valence-electron chi connectivity index (χ1n) is 6.87. The Balaban J connectivity index is 1.93. The number of carbonyl (C=O) groups is 1. The Morgan fingerprint density at radius 3 is 2.50 bits per heavy atom. The number of furan rings is 1. The van der Waals surface area contributed by atoms with Crippen molar-refractivity contribution in [1.82, 2.24) is 5.32 Å². The van der Waals surface area contributed by atoms with Gasteiger partial charge in [-0.15, -0.1) is 0 Å². The second kappa shape index (κ2) is 6.70. The van der Waals surface area contributed by atoms with Crippen LogP contribution in [0.4, 0.5) is 8.78 Å². The minimum Gasteiger partial charge on any atom is -0.466 e. The summed E-state index contributed by atoms with van der Waals surface area (Å²) in [5.41, 5.74) is 0.0242. The van der Waals surface area contributed by atoms with Crippen LogP contribution in [-0.4, -0.2) is 17.6 Å². The number of carbonyl (C=O) groups excluding carboxylic acids is 1. The Kier molecular flexibility index (Phi) is 4.92. The van der Waals surface area contributed by atoms with Crippen LogP contribution in [0.1, 0.15) is 40.0 Å². The van der Waals surface area contributed by atoms with Gasteiger partial charge in [0.15, 0.2) is 0 Å². The van der Waals surface area contributed by atoms with Crippen LogP contribution in [0.3, 0.4) is 0 Å². The van der Waals surface area contributed by atoms with Crippen LogP contribution in [0.15, 0.2) is 28.7 Å². The fourth-order valence-electron chi connectivity index (χ4n) is 2.26. The summed E-state index contributed by atoms with van der Waals surface area (Å²) in [6.45, 7) is 3.59. The maximum absolute atomic E-state index is 13.4. The highest BCUT2D eigenvalue weighted by molar-refractivity contribution is 5.94. The van der Waals surface area contributed by atoms with E-state index in [4.69, 9.17) is 4.42 Å². The van der Waals surface area contributed by atoms with Crippen LogP contribution in [0.5, 0.6) is 0 Å². The monoisotopic (exact) mass is 309 g/mol. The molecule has 0 aliphatic carbocycles. The van der Waals surface area contributed by atoms with E-state index < -0.39 is 29.2 Å². The van der Waals surface area contributed by atoms with Crippen LogP contribution >= 0.6 is 0 Å². The van der Waals surface area contributed by atoms with Crippen molar-refractivity contribution in [2.24, 2.45) is 0 Å². The Labute approximate surface area is 126 Å². The molecule has 0 fully saturated rings. The zero-order chi connectivity index (χ0) is 16.3. The van der Waals surface area contributed by atoms with Crippen LogP contribution < -0.4 is 5.32 Å². The average Bonchev–Trinajstić information content (AvgIpc) is 2.77. The molecule has 2 N–H and O–H groups in total. The SMILES string of the molecule is Cc1cc(C(O)CCNC(=O)c2c(F)cccc2F)c(C)o1. The van der Waals surface area contributed by atoms with Gasteiger partial charge in [0.25, 0.3) is 5.91 Å². The molecule has 4 nitrogen and oxygen atoms in total. The van der Waals surface area contributed by atoms with Crippen LogP contribution in [0.2, 0.25) is 0 Å². The molecule has 22 heavy (non-hydrogen) atoms. The minimum atomic E-state index is -0.917. The first-order chi connectivity index (χ1) is 10.4. The number of aliphatic hydroxyl groups is 1. The van der Waals surface area contributed by atoms with Gasteiger partial charge in [-0.05, 0) is 38.5 Å². The molecule has 0 aliphatic heterocycles. The second-order valence-corrected chi connectivity index (χ2v) is 5.03. The van der Waals surface area contributed by atoms with Crippen molar-refractivity contribution in [2.75, 3.05) is 6.54 Å². The average molecular weight is 309 g/mol. The predicted octanol–water partition coefficient (Wildman–Crippen LogP) is 3.03. The minimum absolute atomic E-state index is 0.0808. The zero-order valence-electron chi connectivity index (χ0n) is 12.3. The highest BCUT2D eigenvalue weighted by atomic mass is 19.1. The van der Waals surface area contributed by atoms with Gasteiger partial charge in [-0.1, -0.05) is 6.07 Å². The van der Waals surface area contributed by atoms with Crippen molar-refractivity contribution in [3.8, 4) is 0 Å². The van der Waals surface area contributed by atoms with Gasteiger partial charge in [0.1, 0.15) is 28.7 Å². The molecule has 1 heterocycles. The van der Waals surface area contributed by atoms with Crippen molar-refractivity contribution >= 4 is 5.91 Å². The maximum Gasteiger partial charge on any atom is 0.257 e. The Morgan fingerprint density at radius 1 is 1.32 bits per heavy atom. The smallest absolute Gasteiger partial charge is 0.257 e. The summed E-state index contributed by atoms with van der Waals surface area (Å²) in [5.74, 6) is -1.39. The van der Waals surface area contributed by atoms with E-state index in [1.54, 1.807) is 19.9 Å². The number of aryl methyl sites for hydroxylation is 2. The molecule has 1 unspecified atom stereocenters. The van der Waals surface area contributed by atoms with Crippen LogP contribution in [0, 0.1) is 25.5 Å². The van der Waals surface area contributed by atoms with E-state index in [-0.39, 0.29) is 13.0 Å². The third-order valence-electron chi connectivity index (χ3n) is 3.33. The number of rotatable bonds is 5. The number of aliphatic hydroxyl groups excluding tert-OH is 1. The summed E-state index contributed by atoms with van der Waals surface area (Å²) in [6.07, 6.45) is -0.607. The molecule has 6 heteroatoms. The first-order valence-corrected chi connectivity index (χ1v) is 6.87. The quantitative estimate of drug-likeness (QED) is 0.892. The molecule has 2 rings (SSSR count). The van der Waals surface area contributed by atoms with Crippen molar-refractivity contribution in [3.05, 3.63) is 58.5 Å². The molecular formula is C16H17F2NO3. The fourth-order valence-corrected chi connectivity index (χ4v) is 2.26. The number of nitrogens with one attached hydrogen (secondary N) is 1. The molecule has 1 atom stereocenters. The molecule has 0 bridgehead atoms. The molecule has 1 aromatic heterocycles. The predicted molar refractivity (Wildman–Crippen MR) is 76.5 cm³/mol. The maximum atomic E-state index is 13.4. The van der Waals surface area contributed by atoms with Crippen LogP contribution in [-0.2, 0) is 0 Å². The summed E-state index contributed by atoms with van der Waals surface area (Å²) >= 11 is 0. The normalized spacial score (nSPS) is 12.2. The molecule has 2 aromatic rings. The molecule has 0 aliphatic rings. The van der Waals surface area contributed by atoms with Gasteiger partial charge in [0, 0.05) is 12.1 Å². The summed E-state index contributed by atoms with van der Waals surface area (Å²) in [4.78, 5) is 11.8. The van der Waals surface area contributed by atoms with E-state index >= 15 is 0 Å². The van der Waals surface area contributed by atoms with E-state index in [1.807, 2.05) is 0 Å². The lowest BCUT2D eigenvalue weighted by Gasteiger charge is -2.11. The number of amides is 1. The summed E-state index contributed by atoms with van der Waals surface area (Å²) in [5, 5.41) is 12.4. The van der Waals surface area contributed by atoms with E-state index in [0.717, 1.165) is 12.1 Å². The Morgan fingerprint density at radius 2 is 1.95 bits per heavy atom. The highest BCUT2D eigenvalue weighted by Gasteiger charge is 2.18. The van der Waals surface area contributed by atoms with Crippen molar-refractivity contribution in [2.45, 2.75) is 26.4 Å². The highest BCUT2D eigenvalue weighted by Crippen LogP contribution is 2.23. The summed E-state index contributed by atoms with van der Waals surface area (Å²) in [7, 11) is 0. The summed E-state index contributed by atoms with van der Waals surface area (Å²) < 4.78 is 32.2. The van der Waals surface area contributed by atoms with Gasteiger partial charge in [-0.3, -0.25) is 4.79 Å². The molecule has 0 spiro atoms. The molecule has 118 valence electrons. The van der Waals surface area contributed by atoms with E-state index in [2.05, 4.69) is 5.32 Å². The molecular weight excluding hydrogens is 292 g/mol. The fraction of sp³-hybridized carbons (Fsp3) is 0.312. The Hall–Kier alpha value is -2.21. The number of halogens is 2. The van der Waals surface area contributed by atoms with Gasteiger partial charge < -0.3 is 14.8 Å². The van der Waals surface area contributed by atoms with E-state index in [9.17, 15) is 18.7 Å². The number of benzene rings is 1. The van der Waals surface area contributed by atoms with Crippen molar-refractivity contribution in [3.63, 3.8) is 0 Å². The standard InChI is InChI=1S/C16H17F2NO3/c1-9-8-11(10(2)22-9)14(20)6-7-19-16(21)15-12(17)4-3-5-13(15)18/h3-5,8,14,20H,6-7H2,1-2H3,(H,19,21). The third kappa shape index (κ3) is 3.51. The summed E-state index contributed by atoms with van der Waals surface area (Å²) in [6, 6.07) is 4.95. The van der Waals surface area contributed by atoms with Gasteiger partial charge in [0.2, 0.25) is 0 Å². The lowest BCUT2D eigenvalue weighted by Crippen LogP contribution is -2.27. The molecule has 0 saturated carbocycles. The van der Waals surface area contributed by atoms with E-state index in [1.165, 1.54) is 6.07 Å². The van der Waals surface area contributed by atoms with Gasteiger partial charge >= 0.3 is 0 Å². The molecule has 1 aromatic carbocycles. The topological polar surface area (TPSA) is 62.5 Å². The molecule has 0 radical (unpaired) electrons. The first kappa shape index (κ1) is 16.2. The Bertz CT molecular complexity index is 662.